The van der Waals surface area contributed by atoms with E-state index in [1.807, 2.05) is 0 Å². The summed E-state index contributed by atoms with van der Waals surface area (Å²) in [6, 6.07) is 5.85. The normalized spacial score (nSPS) is 11.1. The summed E-state index contributed by atoms with van der Waals surface area (Å²) in [6.07, 6.45) is 6.10. The van der Waals surface area contributed by atoms with Crippen molar-refractivity contribution in [1.29, 1.82) is 0 Å². The molecule has 0 aliphatic heterocycles. The average Bonchev–Trinajstić information content (AvgIpc) is 3.40. The monoisotopic (exact) mass is 480 g/mol. The summed E-state index contributed by atoms with van der Waals surface area (Å²) in [7, 11) is 0. The van der Waals surface area contributed by atoms with Crippen LogP contribution in [-0.4, -0.2) is 34.1 Å². The number of unbranched alkanes of at least 4 members (excludes halogenated alkanes) is 3. The molecule has 0 aromatic carbocycles. The quantitative estimate of drug-likeness (QED) is 0.192. The molecule has 0 spiro atoms. The Morgan fingerprint density at radius 3 is 1.53 bits per heavy atom. The summed E-state index contributed by atoms with van der Waals surface area (Å²) in [5, 5.41) is 28.8. The van der Waals surface area contributed by atoms with Gasteiger partial charge < -0.3 is 0 Å². The smallest absolute Gasteiger partial charge is 0.273 e. The van der Waals surface area contributed by atoms with E-state index in [1.165, 1.54) is 24.6 Å². The Bertz CT molecular complexity index is 935. The molecule has 0 radical (unpaired) electrons. The number of thiophene rings is 2. The number of nitrogens with one attached hydrogen (secondary N) is 2. The third-order valence-corrected chi connectivity index (χ3v) is 5.85. The molecule has 0 aliphatic carbocycles. The van der Waals surface area contributed by atoms with Gasteiger partial charge >= 0.3 is 10.0 Å². The fraction of sp³-hybridized carbons (Fsp3) is 0.333. The molecule has 0 atom stereocenters. The topological polar surface area (TPSA) is 169 Å². The number of hydrogen-bond acceptors (Lipinski definition) is 10. The zero-order chi connectivity index (χ0) is 23.3. The maximum atomic E-state index is 11.7. The van der Waals surface area contributed by atoms with Crippen molar-refractivity contribution in [1.82, 2.24) is 10.9 Å². The molecule has 0 aliphatic rings. The fourth-order valence-corrected chi connectivity index (χ4v) is 3.78. The molecule has 0 fully saturated rings. The van der Waals surface area contributed by atoms with E-state index >= 15 is 0 Å². The number of carbonyl (C=O) groups excluding carboxylic acids is 2. The van der Waals surface area contributed by atoms with E-state index in [2.05, 4.69) is 21.1 Å². The molecule has 0 saturated carbocycles. The van der Waals surface area contributed by atoms with Crippen molar-refractivity contribution < 1.29 is 19.4 Å². The van der Waals surface area contributed by atoms with Crippen LogP contribution < -0.4 is 10.9 Å². The minimum Gasteiger partial charge on any atom is -0.273 e. The van der Waals surface area contributed by atoms with Crippen molar-refractivity contribution >= 4 is 56.9 Å². The molecule has 2 N–H and O–H groups in total. The van der Waals surface area contributed by atoms with Crippen LogP contribution in [0.3, 0.4) is 0 Å². The largest absolute Gasteiger partial charge is 0.324 e. The van der Waals surface area contributed by atoms with E-state index in [0.717, 1.165) is 35.5 Å². The minimum atomic E-state index is -0.488. The highest BCUT2D eigenvalue weighted by Gasteiger charge is 2.09. The van der Waals surface area contributed by atoms with Gasteiger partial charge in [0.05, 0.1) is 32.0 Å². The lowest BCUT2D eigenvalue weighted by atomic mass is 10.1. The van der Waals surface area contributed by atoms with Crippen LogP contribution in [0.15, 0.2) is 34.5 Å². The summed E-state index contributed by atoms with van der Waals surface area (Å²) in [6.45, 7) is 0. The standard InChI is InChI=1S/C18H20N6O6S2/c25-15(21-19-11-13-7-9-17(31-13)23(27)28)5-3-1-2-4-6-16(26)22-20-12-14-8-10-18(32-14)24(29)30/h7-12H,1-6H2,(H,21,25)(H,22,26)/b19-11+,20-12+. The van der Waals surface area contributed by atoms with E-state index in [0.29, 0.717) is 22.6 Å². The molecule has 170 valence electrons. The van der Waals surface area contributed by atoms with Gasteiger partial charge in [0.1, 0.15) is 0 Å². The maximum absolute atomic E-state index is 11.7. The van der Waals surface area contributed by atoms with Crippen molar-refractivity contribution in [2.24, 2.45) is 10.2 Å². The van der Waals surface area contributed by atoms with Crippen molar-refractivity contribution in [2.75, 3.05) is 0 Å². The highest BCUT2D eigenvalue weighted by molar-refractivity contribution is 7.17. The molecule has 0 unspecified atom stereocenters. The zero-order valence-corrected chi connectivity index (χ0v) is 18.4. The third-order valence-electron chi connectivity index (χ3n) is 3.90. The van der Waals surface area contributed by atoms with Crippen molar-refractivity contribution in [3.05, 3.63) is 54.2 Å². The lowest BCUT2D eigenvalue weighted by Crippen LogP contribution is -2.17. The lowest BCUT2D eigenvalue weighted by molar-refractivity contribution is -0.380. The van der Waals surface area contributed by atoms with Crippen LogP contribution in [0.2, 0.25) is 0 Å². The summed E-state index contributed by atoms with van der Waals surface area (Å²) >= 11 is 1.92. The molecular weight excluding hydrogens is 460 g/mol. The van der Waals surface area contributed by atoms with Gasteiger partial charge in [-0.3, -0.25) is 29.8 Å². The highest BCUT2D eigenvalue weighted by atomic mass is 32.1. The Morgan fingerprint density at radius 2 is 1.19 bits per heavy atom. The molecule has 2 amide bonds. The van der Waals surface area contributed by atoms with E-state index in [-0.39, 0.29) is 34.7 Å². The SMILES string of the molecule is O=C(CCCCCCC(=O)N/N=C/c1ccc([N+](=O)[O-])s1)N/N=C/c1ccc([N+](=O)[O-])s1. The molecule has 0 bridgehead atoms. The van der Waals surface area contributed by atoms with Crippen LogP contribution in [0.25, 0.3) is 0 Å². The zero-order valence-electron chi connectivity index (χ0n) is 16.8. The average molecular weight is 481 g/mol. The molecule has 0 saturated heterocycles. The number of nitrogens with zero attached hydrogens (tertiary/aromatic N) is 4. The number of amides is 2. The molecule has 2 aromatic rings. The third kappa shape index (κ3) is 9.09. The van der Waals surface area contributed by atoms with Crippen LogP contribution in [0.5, 0.6) is 0 Å². The fourth-order valence-electron chi connectivity index (χ4n) is 2.39. The molecule has 2 aromatic heterocycles. The Balaban J connectivity index is 1.51. The van der Waals surface area contributed by atoms with Crippen LogP contribution >= 0.6 is 22.7 Å². The number of rotatable bonds is 13. The van der Waals surface area contributed by atoms with Gasteiger partial charge in [-0.2, -0.15) is 10.2 Å². The second-order valence-electron chi connectivity index (χ2n) is 6.37. The van der Waals surface area contributed by atoms with Gasteiger partial charge in [0, 0.05) is 25.0 Å². The molecule has 32 heavy (non-hydrogen) atoms. The van der Waals surface area contributed by atoms with Crippen molar-refractivity contribution in [2.45, 2.75) is 38.5 Å². The molecule has 12 nitrogen and oxygen atoms in total. The number of hydrogen-bond donors (Lipinski definition) is 2. The first-order valence-electron chi connectivity index (χ1n) is 9.47. The number of hydrazone groups is 2. The van der Waals surface area contributed by atoms with Crippen LogP contribution in [-0.2, 0) is 9.59 Å². The Hall–Kier alpha value is -3.52. The summed E-state index contributed by atoms with van der Waals surface area (Å²) in [5.74, 6) is -0.513. The summed E-state index contributed by atoms with van der Waals surface area (Å²) in [5.41, 5.74) is 4.75. The van der Waals surface area contributed by atoms with Gasteiger partial charge in [-0.15, -0.1) is 0 Å². The lowest BCUT2D eigenvalue weighted by Gasteiger charge is -2.01. The van der Waals surface area contributed by atoms with Crippen molar-refractivity contribution in [3.8, 4) is 0 Å². The van der Waals surface area contributed by atoms with E-state index in [1.54, 1.807) is 12.1 Å². The number of nitro groups is 2. The van der Waals surface area contributed by atoms with E-state index in [4.69, 9.17) is 0 Å². The summed E-state index contributed by atoms with van der Waals surface area (Å²) < 4.78 is 0. The Kier molecular flexibility index (Phi) is 10.1. The number of carbonyl (C=O) groups is 2. The van der Waals surface area contributed by atoms with E-state index < -0.39 is 9.85 Å². The summed E-state index contributed by atoms with van der Waals surface area (Å²) in [4.78, 5) is 44.8. The Morgan fingerprint density at radius 1 is 0.781 bits per heavy atom. The first-order valence-corrected chi connectivity index (χ1v) is 11.1. The second-order valence-corrected chi connectivity index (χ2v) is 8.55. The second kappa shape index (κ2) is 13.0. The van der Waals surface area contributed by atoms with Gasteiger partial charge in [-0.05, 0) is 25.0 Å². The first kappa shape index (κ1) is 24.7. The minimum absolute atomic E-state index is 0.00653. The Labute approximate surface area is 190 Å². The van der Waals surface area contributed by atoms with Crippen LogP contribution in [0.1, 0.15) is 48.3 Å². The van der Waals surface area contributed by atoms with Gasteiger partial charge in [0.2, 0.25) is 11.8 Å². The predicted molar refractivity (Wildman–Crippen MR) is 121 cm³/mol. The molecule has 2 heterocycles. The first-order chi connectivity index (χ1) is 15.3. The van der Waals surface area contributed by atoms with Gasteiger partial charge in [-0.1, -0.05) is 35.5 Å². The van der Waals surface area contributed by atoms with Gasteiger partial charge in [0.25, 0.3) is 0 Å². The van der Waals surface area contributed by atoms with Crippen molar-refractivity contribution in [3.63, 3.8) is 0 Å². The van der Waals surface area contributed by atoms with E-state index in [9.17, 15) is 29.8 Å². The predicted octanol–water partition coefficient (Wildman–Crippen LogP) is 3.57. The van der Waals surface area contributed by atoms with Crippen LogP contribution in [0, 0.1) is 20.2 Å². The highest BCUT2D eigenvalue weighted by Crippen LogP contribution is 2.23. The van der Waals surface area contributed by atoms with Crippen LogP contribution in [0.4, 0.5) is 10.0 Å². The maximum Gasteiger partial charge on any atom is 0.324 e. The molecule has 14 heteroatoms. The van der Waals surface area contributed by atoms with Gasteiger partial charge in [0.15, 0.2) is 0 Å². The van der Waals surface area contributed by atoms with Gasteiger partial charge in [-0.25, -0.2) is 10.9 Å². The molecular formula is C18H20N6O6S2. The molecule has 2 rings (SSSR count).